The second-order valence-corrected chi connectivity index (χ2v) is 8.43. The first-order valence-electron chi connectivity index (χ1n) is 9.42. The Morgan fingerprint density at radius 3 is 2.45 bits per heavy atom. The lowest BCUT2D eigenvalue weighted by Gasteiger charge is -2.38. The number of aromatic carboxylic acids is 1. The van der Waals surface area contributed by atoms with Gasteiger partial charge in [0.15, 0.2) is 0 Å². The fourth-order valence-corrected chi connectivity index (χ4v) is 4.57. The molecule has 7 heteroatoms. The predicted molar refractivity (Wildman–Crippen MR) is 114 cm³/mol. The van der Waals surface area contributed by atoms with Gasteiger partial charge in [-0.1, -0.05) is 55.2 Å². The second-order valence-electron chi connectivity index (χ2n) is 7.62. The summed E-state index contributed by atoms with van der Waals surface area (Å²) in [5, 5.41) is 11.0. The molecule has 2 aromatic carbocycles. The van der Waals surface area contributed by atoms with E-state index in [4.69, 9.17) is 23.2 Å². The Hall–Kier alpha value is -2.50. The summed E-state index contributed by atoms with van der Waals surface area (Å²) in [6, 6.07) is 10.5. The van der Waals surface area contributed by atoms with E-state index in [-0.39, 0.29) is 39.0 Å². The van der Waals surface area contributed by atoms with Gasteiger partial charge in [0.2, 0.25) is 0 Å². The summed E-state index contributed by atoms with van der Waals surface area (Å²) >= 11 is 12.1. The van der Waals surface area contributed by atoms with Crippen LogP contribution in [0.4, 0.5) is 0 Å². The van der Waals surface area contributed by atoms with E-state index in [0.29, 0.717) is 13.0 Å². The topological polar surface area (TPSA) is 73.4 Å². The SMILES string of the molecule is CC(C)C1c2[nH]c3ccccc3c2CCN1C(=O)c1cc(Cl)c(Cl)cc1C(=O)O. The molecule has 150 valence electrons. The van der Waals surface area contributed by atoms with Gasteiger partial charge in [-0.2, -0.15) is 0 Å². The summed E-state index contributed by atoms with van der Waals surface area (Å²) < 4.78 is 0. The van der Waals surface area contributed by atoms with Crippen molar-refractivity contribution in [1.29, 1.82) is 0 Å². The molecule has 0 aliphatic carbocycles. The maximum absolute atomic E-state index is 13.5. The van der Waals surface area contributed by atoms with Crippen LogP contribution in [0.1, 0.15) is 51.9 Å². The molecule has 1 amide bonds. The van der Waals surface area contributed by atoms with Crippen molar-refractivity contribution in [2.24, 2.45) is 5.92 Å². The number of para-hydroxylation sites is 1. The third-order valence-corrected chi connectivity index (χ3v) is 6.22. The summed E-state index contributed by atoms with van der Waals surface area (Å²) in [6.45, 7) is 4.60. The number of hydrogen-bond acceptors (Lipinski definition) is 2. The van der Waals surface area contributed by atoms with Gasteiger partial charge in [0.25, 0.3) is 5.91 Å². The Labute approximate surface area is 178 Å². The van der Waals surface area contributed by atoms with Crippen molar-refractivity contribution in [2.45, 2.75) is 26.3 Å². The monoisotopic (exact) mass is 430 g/mol. The van der Waals surface area contributed by atoms with Crippen molar-refractivity contribution in [3.8, 4) is 0 Å². The van der Waals surface area contributed by atoms with Crippen LogP contribution in [0.5, 0.6) is 0 Å². The molecule has 1 unspecified atom stereocenters. The van der Waals surface area contributed by atoms with Gasteiger partial charge in [-0.15, -0.1) is 0 Å². The van der Waals surface area contributed by atoms with Gasteiger partial charge >= 0.3 is 5.97 Å². The van der Waals surface area contributed by atoms with Crippen LogP contribution in [0.2, 0.25) is 10.0 Å². The minimum absolute atomic E-state index is 0.0529. The van der Waals surface area contributed by atoms with E-state index in [0.717, 1.165) is 11.2 Å². The summed E-state index contributed by atoms with van der Waals surface area (Å²) in [6.07, 6.45) is 0.692. The molecule has 1 aromatic heterocycles. The number of carboxylic acids is 1. The number of rotatable bonds is 3. The fraction of sp³-hybridized carbons (Fsp3) is 0.273. The summed E-state index contributed by atoms with van der Waals surface area (Å²) in [7, 11) is 0. The van der Waals surface area contributed by atoms with Gasteiger partial charge in [0.1, 0.15) is 0 Å². The second kappa shape index (κ2) is 7.39. The molecule has 5 nitrogen and oxygen atoms in total. The first-order valence-corrected chi connectivity index (χ1v) is 10.2. The molecule has 0 spiro atoms. The Balaban J connectivity index is 1.82. The number of aromatic nitrogens is 1. The van der Waals surface area contributed by atoms with Gasteiger partial charge in [0, 0.05) is 23.1 Å². The first-order chi connectivity index (χ1) is 13.8. The van der Waals surface area contributed by atoms with Crippen LogP contribution in [0.3, 0.4) is 0 Å². The van der Waals surface area contributed by atoms with Crippen molar-refractivity contribution < 1.29 is 14.7 Å². The molecule has 0 saturated carbocycles. The van der Waals surface area contributed by atoms with Crippen LogP contribution in [0, 0.1) is 5.92 Å². The number of amides is 1. The fourth-order valence-electron chi connectivity index (χ4n) is 4.25. The molecule has 2 heterocycles. The maximum Gasteiger partial charge on any atom is 0.336 e. The van der Waals surface area contributed by atoms with Crippen molar-refractivity contribution in [3.05, 3.63) is 68.8 Å². The molecule has 0 bridgehead atoms. The van der Waals surface area contributed by atoms with Crippen molar-refractivity contribution in [3.63, 3.8) is 0 Å². The zero-order valence-electron chi connectivity index (χ0n) is 16.0. The molecule has 0 saturated heterocycles. The van der Waals surface area contributed by atoms with E-state index in [1.807, 2.05) is 18.2 Å². The first kappa shape index (κ1) is 19.8. The van der Waals surface area contributed by atoms with Crippen LogP contribution in [0.25, 0.3) is 10.9 Å². The van der Waals surface area contributed by atoms with Crippen LogP contribution in [-0.4, -0.2) is 33.4 Å². The third kappa shape index (κ3) is 3.28. The number of halogens is 2. The summed E-state index contributed by atoms with van der Waals surface area (Å²) in [4.78, 5) is 30.4. The number of nitrogens with zero attached hydrogens (tertiary/aromatic N) is 1. The highest BCUT2D eigenvalue weighted by atomic mass is 35.5. The largest absolute Gasteiger partial charge is 0.478 e. The molecular weight excluding hydrogens is 411 g/mol. The van der Waals surface area contributed by atoms with Crippen molar-refractivity contribution in [1.82, 2.24) is 9.88 Å². The zero-order chi connectivity index (χ0) is 20.9. The van der Waals surface area contributed by atoms with Gasteiger partial charge < -0.3 is 15.0 Å². The Morgan fingerprint density at radius 1 is 1.14 bits per heavy atom. The van der Waals surface area contributed by atoms with E-state index < -0.39 is 5.97 Å². The molecule has 1 aliphatic heterocycles. The quantitative estimate of drug-likeness (QED) is 0.570. The average molecular weight is 431 g/mol. The van der Waals surface area contributed by atoms with E-state index in [9.17, 15) is 14.7 Å². The van der Waals surface area contributed by atoms with Crippen LogP contribution in [-0.2, 0) is 6.42 Å². The molecule has 1 aliphatic rings. The number of nitrogens with one attached hydrogen (secondary N) is 1. The van der Waals surface area contributed by atoms with E-state index in [1.54, 1.807) is 4.90 Å². The number of benzene rings is 2. The van der Waals surface area contributed by atoms with Gasteiger partial charge in [-0.3, -0.25) is 4.79 Å². The smallest absolute Gasteiger partial charge is 0.336 e. The molecule has 29 heavy (non-hydrogen) atoms. The standard InChI is InChI=1S/C22H20Cl2N2O3/c1-11(2)20-19-13(12-5-3-4-6-18(12)25-19)7-8-26(20)21(27)14-9-16(23)17(24)10-15(14)22(28)29/h3-6,9-11,20,25H,7-8H2,1-2H3,(H,28,29). The number of carbonyl (C=O) groups is 2. The summed E-state index contributed by atoms with van der Waals surface area (Å²) in [5.41, 5.74) is 3.18. The minimum atomic E-state index is -1.21. The van der Waals surface area contributed by atoms with Crippen LogP contribution in [0.15, 0.2) is 36.4 Å². The number of H-pyrrole nitrogens is 1. The number of aromatic amines is 1. The lowest BCUT2D eigenvalue weighted by molar-refractivity contribution is 0.0583. The van der Waals surface area contributed by atoms with E-state index in [2.05, 4.69) is 24.9 Å². The van der Waals surface area contributed by atoms with Crippen molar-refractivity contribution >= 4 is 46.0 Å². The molecule has 4 rings (SSSR count). The lowest BCUT2D eigenvalue weighted by atomic mass is 9.89. The maximum atomic E-state index is 13.5. The highest BCUT2D eigenvalue weighted by molar-refractivity contribution is 6.42. The lowest BCUT2D eigenvalue weighted by Crippen LogP contribution is -2.42. The van der Waals surface area contributed by atoms with Gasteiger partial charge in [0.05, 0.1) is 27.2 Å². The van der Waals surface area contributed by atoms with Crippen LogP contribution < -0.4 is 0 Å². The normalized spacial score (nSPS) is 16.3. The van der Waals surface area contributed by atoms with Crippen molar-refractivity contribution in [2.75, 3.05) is 6.54 Å². The summed E-state index contributed by atoms with van der Waals surface area (Å²) in [5.74, 6) is -1.44. The van der Waals surface area contributed by atoms with Gasteiger partial charge in [-0.25, -0.2) is 4.79 Å². The zero-order valence-corrected chi connectivity index (χ0v) is 17.5. The van der Waals surface area contributed by atoms with E-state index >= 15 is 0 Å². The van der Waals surface area contributed by atoms with Crippen LogP contribution >= 0.6 is 23.2 Å². The van der Waals surface area contributed by atoms with E-state index in [1.165, 1.54) is 23.1 Å². The molecule has 2 N–H and O–H groups in total. The predicted octanol–water partition coefficient (Wildman–Crippen LogP) is 5.57. The highest BCUT2D eigenvalue weighted by Gasteiger charge is 2.36. The number of carboxylic acid groups (broad SMARTS) is 1. The Morgan fingerprint density at radius 2 is 1.79 bits per heavy atom. The third-order valence-electron chi connectivity index (χ3n) is 5.49. The molecule has 1 atom stereocenters. The Bertz CT molecular complexity index is 1140. The minimum Gasteiger partial charge on any atom is -0.478 e. The van der Waals surface area contributed by atoms with Gasteiger partial charge in [-0.05, 0) is 36.1 Å². The molecule has 0 fully saturated rings. The molecule has 3 aromatic rings. The Kier molecular flexibility index (Phi) is 5.05. The highest BCUT2D eigenvalue weighted by Crippen LogP contribution is 2.39. The number of carbonyl (C=O) groups excluding carboxylic acids is 1. The number of hydrogen-bond donors (Lipinski definition) is 2. The molecule has 0 radical (unpaired) electrons. The molecular formula is C22H20Cl2N2O3. The average Bonchev–Trinajstić information content (AvgIpc) is 3.06. The number of fused-ring (bicyclic) bond motifs is 3.